The van der Waals surface area contributed by atoms with Gasteiger partial charge in [0.2, 0.25) is 0 Å². The van der Waals surface area contributed by atoms with Crippen molar-refractivity contribution < 1.29 is 14.3 Å². The number of carbonyl (C=O) groups is 1. The Morgan fingerprint density at radius 2 is 1.82 bits per heavy atom. The number of fused-ring (bicyclic) bond motifs is 1. The van der Waals surface area contributed by atoms with Crippen LogP contribution in [0.4, 0.5) is 0 Å². The highest BCUT2D eigenvalue weighted by Crippen LogP contribution is 2.33. The van der Waals surface area contributed by atoms with Crippen LogP contribution in [0.5, 0.6) is 5.75 Å². The van der Waals surface area contributed by atoms with E-state index in [9.17, 15) is 14.7 Å². The first-order valence-corrected chi connectivity index (χ1v) is 9.66. The van der Waals surface area contributed by atoms with Gasteiger partial charge in [-0.15, -0.1) is 0 Å². The summed E-state index contributed by atoms with van der Waals surface area (Å²) in [7, 11) is 0. The standard InChI is InChI=1S/C23H23NO4/c1-15(25)18-12-17(14-24-10-6-3-7-11-24)23-21(22(18)27)19(26)13-20(28-23)16-8-4-2-5-9-16/h2,4-5,8-9,12-13,27H,3,6-7,10-11,14H2,1H3. The number of hydrogen-bond donors (Lipinski definition) is 1. The van der Waals surface area contributed by atoms with Crippen LogP contribution in [0.3, 0.4) is 0 Å². The zero-order valence-corrected chi connectivity index (χ0v) is 15.9. The lowest BCUT2D eigenvalue weighted by atomic mass is 10.00. The van der Waals surface area contributed by atoms with Crippen LogP contribution in [0.15, 0.2) is 51.7 Å². The number of hydrogen-bond acceptors (Lipinski definition) is 5. The number of ketones is 1. The van der Waals surface area contributed by atoms with Crippen molar-refractivity contribution in [2.45, 2.75) is 32.7 Å². The molecular formula is C23H23NO4. The van der Waals surface area contributed by atoms with E-state index >= 15 is 0 Å². The first-order chi connectivity index (χ1) is 13.5. The number of carbonyl (C=O) groups excluding carboxylic acids is 1. The molecule has 28 heavy (non-hydrogen) atoms. The molecule has 2 heterocycles. The molecule has 1 N–H and O–H groups in total. The van der Waals surface area contributed by atoms with Crippen LogP contribution >= 0.6 is 0 Å². The summed E-state index contributed by atoms with van der Waals surface area (Å²) in [6.07, 6.45) is 3.49. The minimum absolute atomic E-state index is 0.0828. The second kappa shape index (κ2) is 7.60. The van der Waals surface area contributed by atoms with Gasteiger partial charge in [-0.2, -0.15) is 0 Å². The topological polar surface area (TPSA) is 70.8 Å². The Labute approximate surface area is 163 Å². The maximum atomic E-state index is 12.9. The van der Waals surface area contributed by atoms with Gasteiger partial charge >= 0.3 is 0 Å². The van der Waals surface area contributed by atoms with Crippen molar-refractivity contribution in [1.29, 1.82) is 0 Å². The van der Waals surface area contributed by atoms with Crippen molar-refractivity contribution in [3.05, 3.63) is 63.8 Å². The molecule has 2 aromatic carbocycles. The van der Waals surface area contributed by atoms with Gasteiger partial charge in [0.25, 0.3) is 0 Å². The molecule has 3 aromatic rings. The highest BCUT2D eigenvalue weighted by molar-refractivity contribution is 6.03. The number of piperidine rings is 1. The summed E-state index contributed by atoms with van der Waals surface area (Å²) in [5.74, 6) is -0.114. The quantitative estimate of drug-likeness (QED) is 0.684. The molecule has 1 saturated heterocycles. The summed E-state index contributed by atoms with van der Waals surface area (Å²) >= 11 is 0. The molecular weight excluding hydrogens is 354 g/mol. The molecule has 4 rings (SSSR count). The van der Waals surface area contributed by atoms with Crippen molar-refractivity contribution in [3.8, 4) is 17.1 Å². The van der Waals surface area contributed by atoms with Crippen LogP contribution in [0.2, 0.25) is 0 Å². The van der Waals surface area contributed by atoms with Crippen molar-refractivity contribution in [3.63, 3.8) is 0 Å². The number of benzene rings is 2. The van der Waals surface area contributed by atoms with E-state index in [1.807, 2.05) is 30.3 Å². The lowest BCUT2D eigenvalue weighted by molar-refractivity contribution is 0.101. The number of aromatic hydroxyl groups is 1. The van der Waals surface area contributed by atoms with Crippen LogP contribution in [0.25, 0.3) is 22.3 Å². The second-order valence-corrected chi connectivity index (χ2v) is 7.37. The smallest absolute Gasteiger partial charge is 0.197 e. The van der Waals surface area contributed by atoms with Gasteiger partial charge in [-0.3, -0.25) is 14.5 Å². The molecule has 0 radical (unpaired) electrons. The molecule has 0 bridgehead atoms. The number of likely N-dealkylation sites (tertiary alicyclic amines) is 1. The minimum atomic E-state index is -0.347. The number of phenols is 1. The van der Waals surface area contributed by atoms with Gasteiger partial charge in [-0.25, -0.2) is 0 Å². The molecule has 0 saturated carbocycles. The van der Waals surface area contributed by atoms with Gasteiger partial charge in [-0.1, -0.05) is 36.8 Å². The zero-order chi connectivity index (χ0) is 19.7. The fraction of sp³-hybridized carbons (Fsp3) is 0.304. The van der Waals surface area contributed by atoms with Crippen LogP contribution in [-0.4, -0.2) is 28.9 Å². The minimum Gasteiger partial charge on any atom is -0.506 e. The average molecular weight is 377 g/mol. The van der Waals surface area contributed by atoms with Crippen molar-refractivity contribution in [2.24, 2.45) is 0 Å². The maximum absolute atomic E-state index is 12.9. The Balaban J connectivity index is 1.93. The van der Waals surface area contributed by atoms with E-state index in [0.717, 1.165) is 37.1 Å². The van der Waals surface area contributed by atoms with Gasteiger partial charge in [0.05, 0.1) is 5.56 Å². The number of Topliss-reactive ketones (excluding diaryl/α,β-unsaturated/α-hetero) is 1. The Bertz CT molecular complexity index is 1080. The van der Waals surface area contributed by atoms with Crippen LogP contribution in [0.1, 0.15) is 42.1 Å². The Kier molecular flexibility index (Phi) is 5.01. The lowest BCUT2D eigenvalue weighted by Gasteiger charge is -2.27. The van der Waals surface area contributed by atoms with Gasteiger partial charge in [-0.05, 0) is 38.9 Å². The van der Waals surface area contributed by atoms with E-state index in [2.05, 4.69) is 4.90 Å². The van der Waals surface area contributed by atoms with Crippen LogP contribution in [0, 0.1) is 0 Å². The summed E-state index contributed by atoms with van der Waals surface area (Å²) in [5.41, 5.74) is 1.73. The Hall–Kier alpha value is -2.92. The van der Waals surface area contributed by atoms with Gasteiger partial charge in [0, 0.05) is 23.7 Å². The van der Waals surface area contributed by atoms with Crippen molar-refractivity contribution >= 4 is 16.8 Å². The largest absolute Gasteiger partial charge is 0.506 e. The molecule has 1 aliphatic rings. The molecule has 5 nitrogen and oxygen atoms in total. The van der Waals surface area contributed by atoms with Gasteiger partial charge in [0.15, 0.2) is 11.2 Å². The molecule has 0 atom stereocenters. The SMILES string of the molecule is CC(=O)c1cc(CN2CCCCC2)c2oc(-c3ccccc3)cc(=O)c2c1O. The monoisotopic (exact) mass is 377 g/mol. The summed E-state index contributed by atoms with van der Waals surface area (Å²) in [5, 5.41) is 10.7. The molecule has 1 aromatic heterocycles. The average Bonchev–Trinajstić information content (AvgIpc) is 2.71. The first kappa shape index (κ1) is 18.4. The van der Waals surface area contributed by atoms with E-state index in [1.54, 1.807) is 6.07 Å². The van der Waals surface area contributed by atoms with E-state index < -0.39 is 0 Å². The number of nitrogens with zero attached hydrogens (tertiary/aromatic N) is 1. The van der Waals surface area contributed by atoms with Crippen LogP contribution in [-0.2, 0) is 6.54 Å². The third kappa shape index (κ3) is 3.45. The maximum Gasteiger partial charge on any atom is 0.197 e. The fourth-order valence-corrected chi connectivity index (χ4v) is 3.88. The normalized spacial score (nSPS) is 15.0. The summed E-state index contributed by atoms with van der Waals surface area (Å²) in [6, 6.07) is 12.5. The van der Waals surface area contributed by atoms with Gasteiger partial charge in [0.1, 0.15) is 22.5 Å². The lowest BCUT2D eigenvalue weighted by Crippen LogP contribution is -2.29. The molecule has 0 spiro atoms. The predicted molar refractivity (Wildman–Crippen MR) is 109 cm³/mol. The van der Waals surface area contributed by atoms with E-state index in [4.69, 9.17) is 4.42 Å². The molecule has 5 heteroatoms. The fourth-order valence-electron chi connectivity index (χ4n) is 3.88. The predicted octanol–water partition coefficient (Wildman–Crippen LogP) is 4.35. The molecule has 0 amide bonds. The highest BCUT2D eigenvalue weighted by atomic mass is 16.3. The third-order valence-corrected chi connectivity index (χ3v) is 5.33. The summed E-state index contributed by atoms with van der Waals surface area (Å²) < 4.78 is 6.12. The van der Waals surface area contributed by atoms with Crippen molar-refractivity contribution in [2.75, 3.05) is 13.1 Å². The molecule has 0 unspecified atom stereocenters. The molecule has 0 aliphatic carbocycles. The van der Waals surface area contributed by atoms with E-state index in [1.165, 1.54) is 19.4 Å². The van der Waals surface area contributed by atoms with Gasteiger partial charge < -0.3 is 9.52 Å². The summed E-state index contributed by atoms with van der Waals surface area (Å²) in [4.78, 5) is 27.2. The molecule has 144 valence electrons. The third-order valence-electron chi connectivity index (χ3n) is 5.33. The zero-order valence-electron chi connectivity index (χ0n) is 15.9. The van der Waals surface area contributed by atoms with E-state index in [0.29, 0.717) is 17.9 Å². The Morgan fingerprint density at radius 1 is 1.11 bits per heavy atom. The Morgan fingerprint density at radius 3 is 2.50 bits per heavy atom. The molecule has 1 aliphatic heterocycles. The number of phenolic OH excluding ortho intramolecular Hbond substituents is 1. The van der Waals surface area contributed by atoms with Crippen LogP contribution < -0.4 is 5.43 Å². The molecule has 1 fully saturated rings. The van der Waals surface area contributed by atoms with Crippen molar-refractivity contribution in [1.82, 2.24) is 4.90 Å². The summed E-state index contributed by atoms with van der Waals surface area (Å²) in [6.45, 7) is 3.92. The second-order valence-electron chi connectivity index (χ2n) is 7.37. The van der Waals surface area contributed by atoms with E-state index in [-0.39, 0.29) is 27.9 Å². The number of rotatable bonds is 4. The highest BCUT2D eigenvalue weighted by Gasteiger charge is 2.22. The first-order valence-electron chi connectivity index (χ1n) is 9.66.